The highest BCUT2D eigenvalue weighted by Crippen LogP contribution is 2.84. The maximum Gasteiger partial charge on any atom is 0.160 e. The van der Waals surface area contributed by atoms with E-state index in [2.05, 4.69) is 93.8 Å². The normalized spacial score (nSPS) is 47.5. The van der Waals surface area contributed by atoms with Crippen molar-refractivity contribution in [3.05, 3.63) is 94.1 Å². The van der Waals surface area contributed by atoms with E-state index < -0.39 is 56.0 Å². The van der Waals surface area contributed by atoms with Gasteiger partial charge < -0.3 is 46.6 Å². The fourth-order valence-electron chi connectivity index (χ4n) is 24.9. The number of nitrogens with one attached hydrogen (secondary N) is 2. The first-order chi connectivity index (χ1) is 40.1. The summed E-state index contributed by atoms with van der Waals surface area (Å²) in [7, 11) is 1.92. The number of ketones is 2. The first kappa shape index (κ1) is 58.0. The number of nitrogen functional groups attached to an aromatic ring is 1. The largest absolute Gasteiger partial charge is 0.508 e. The number of carbonyl (C=O) groups is 2. The van der Waals surface area contributed by atoms with Crippen LogP contribution in [0.1, 0.15) is 185 Å². The van der Waals surface area contributed by atoms with Crippen molar-refractivity contribution >= 4 is 17.3 Å². The number of aliphatic hydroxyl groups excluding tert-OH is 3. The molecule has 2 saturated heterocycles. The van der Waals surface area contributed by atoms with Gasteiger partial charge in [0.15, 0.2) is 11.6 Å². The Morgan fingerprint density at radius 3 is 2.43 bits per heavy atom. The molecular weight excluding hydrogens is 1050 g/mol. The first-order valence-corrected chi connectivity index (χ1v) is 33.7. The monoisotopic (exact) mass is 1150 g/mol. The molecule has 0 aromatic heterocycles. The molecule has 11 heteroatoms. The number of anilines is 1. The number of β-amino-alcohol motifs (C(OH)–C–C–N with tert-alkyl or cyclic N) is 1. The van der Waals surface area contributed by atoms with Crippen LogP contribution in [0.15, 0.2) is 71.8 Å². The summed E-state index contributed by atoms with van der Waals surface area (Å²) in [6, 6.07) is 12.6. The van der Waals surface area contributed by atoms with Gasteiger partial charge in [-0.15, -0.1) is 0 Å². The van der Waals surface area contributed by atoms with Crippen molar-refractivity contribution in [2.24, 2.45) is 92.7 Å². The van der Waals surface area contributed by atoms with Crippen molar-refractivity contribution in [1.29, 1.82) is 0 Å². The lowest BCUT2D eigenvalue weighted by atomic mass is 9.27. The lowest BCUT2D eigenvalue weighted by Gasteiger charge is -2.77. The molecule has 0 amide bonds. The van der Waals surface area contributed by atoms with Crippen LogP contribution in [0.2, 0.25) is 0 Å². The van der Waals surface area contributed by atoms with Crippen LogP contribution in [0.3, 0.4) is 0 Å². The lowest BCUT2D eigenvalue weighted by Crippen LogP contribution is -2.79. The standard InChI is InChI=1S/C73H101N3O8/c1-41(2)28-42-29-46(33-49(74)31-42)51-12-10-13-54(51)69(6)63(84-69)62(81)53-20-19-52-45(37-77)16-15-44-17-18-47(38-78)73-39-71-26-27-72(48-30-43(36-75-7)32-50(79)34-48)57-14-11-25-70(65(72)82,24-9-8-23-66(3,83)40-76-71)64(71)68(57,5)58(73)22-21-55-61(60(53)59(44)52)56(80)35-67(55,73)4/h11,14,19-20,29-34,41,44-45,47,51-54,57-60,62-64,75-79,81,83H,8-10,12-13,15-18,21-28,35-40,74H2,1-7H3. The number of fused-ring (bicyclic) bond motifs is 3. The van der Waals surface area contributed by atoms with Gasteiger partial charge in [0.2, 0.25) is 0 Å². The van der Waals surface area contributed by atoms with E-state index in [1.54, 1.807) is 0 Å². The van der Waals surface area contributed by atoms with Crippen molar-refractivity contribution in [3.8, 4) is 5.75 Å². The number of benzene rings is 2. The van der Waals surface area contributed by atoms with Gasteiger partial charge in [-0.3, -0.25) is 9.59 Å². The summed E-state index contributed by atoms with van der Waals surface area (Å²) in [5.41, 5.74) is 8.40. The predicted octanol–water partition coefficient (Wildman–Crippen LogP) is 11.0. The third-order valence-corrected chi connectivity index (χ3v) is 27.5. The Morgan fingerprint density at radius 2 is 1.65 bits per heavy atom. The molecular formula is C73H101N3O8. The van der Waals surface area contributed by atoms with Gasteiger partial charge in [-0.05, 0) is 251 Å². The van der Waals surface area contributed by atoms with Gasteiger partial charge in [0.05, 0.1) is 22.7 Å². The Balaban J connectivity index is 0.934. The Bertz CT molecular complexity index is 3080. The van der Waals surface area contributed by atoms with Crippen LogP contribution in [0.5, 0.6) is 5.75 Å². The molecule has 2 aromatic rings. The second-order valence-corrected chi connectivity index (χ2v) is 32.0. The van der Waals surface area contributed by atoms with Crippen LogP contribution >= 0.6 is 0 Å². The van der Waals surface area contributed by atoms with Gasteiger partial charge in [0, 0.05) is 60.7 Å². The number of aliphatic hydroxyl groups is 4. The Morgan fingerprint density at radius 1 is 0.857 bits per heavy atom. The molecule has 22 atom stereocenters. The SMILES string of the molecule is CNCc1cc(O)cc(C23CCC45CC67C(CO)CCC8CCC(CO)C9C=CC(C(O)C%10OC%10(C)C%10CCCC%10c%10cc(N)cc(CC(C)C)c%10)C(C%10=C(CCC6C6(C)C4C(CC=CC26)(CCCCC(C)(O)CN5)C3=O)C7(C)CC%10=O)C89)c1. The lowest BCUT2D eigenvalue weighted by molar-refractivity contribution is -0.255. The molecule has 456 valence electrons. The average molecular weight is 1150 g/mol. The van der Waals surface area contributed by atoms with Crippen molar-refractivity contribution in [2.45, 2.75) is 210 Å². The third-order valence-electron chi connectivity index (χ3n) is 27.5. The molecule has 14 aliphatic rings. The van der Waals surface area contributed by atoms with Gasteiger partial charge in [-0.25, -0.2) is 0 Å². The molecule has 9 N–H and O–H groups in total. The van der Waals surface area contributed by atoms with Gasteiger partial charge in [-0.2, -0.15) is 0 Å². The summed E-state index contributed by atoms with van der Waals surface area (Å²) in [6.07, 6.45) is 23.3. The second kappa shape index (κ2) is 20.2. The van der Waals surface area contributed by atoms with E-state index in [-0.39, 0.29) is 95.8 Å². The zero-order chi connectivity index (χ0) is 58.9. The zero-order valence-electron chi connectivity index (χ0n) is 51.7. The summed E-state index contributed by atoms with van der Waals surface area (Å²) >= 11 is 0. The van der Waals surface area contributed by atoms with E-state index in [9.17, 15) is 25.5 Å². The predicted molar refractivity (Wildman–Crippen MR) is 327 cm³/mol. The molecule has 2 aromatic carbocycles. The van der Waals surface area contributed by atoms with E-state index in [1.165, 1.54) is 16.7 Å². The Hall–Kier alpha value is -3.68. The number of carbonyl (C=O) groups excluding carboxylic acids is 2. The summed E-state index contributed by atoms with van der Waals surface area (Å²) in [4.78, 5) is 33.4. The number of rotatable bonds is 11. The molecule has 2 spiro atoms. The summed E-state index contributed by atoms with van der Waals surface area (Å²) in [6.45, 7) is 14.8. The molecule has 10 bridgehead atoms. The van der Waals surface area contributed by atoms with Crippen molar-refractivity contribution in [2.75, 3.05) is 32.5 Å². The number of ether oxygens (including phenoxy) is 1. The molecule has 12 aliphatic carbocycles. The van der Waals surface area contributed by atoms with E-state index >= 15 is 9.59 Å². The van der Waals surface area contributed by atoms with Crippen molar-refractivity contribution < 1.29 is 39.9 Å². The van der Waals surface area contributed by atoms with E-state index in [4.69, 9.17) is 10.5 Å². The quantitative estimate of drug-likeness (QED) is 0.0605. The van der Waals surface area contributed by atoms with Crippen LogP contribution in [-0.2, 0) is 32.7 Å². The number of epoxide rings is 1. The minimum absolute atomic E-state index is 0.00772. The number of hydrogen-bond donors (Lipinski definition) is 8. The van der Waals surface area contributed by atoms with Crippen molar-refractivity contribution in [3.63, 3.8) is 0 Å². The van der Waals surface area contributed by atoms with Gasteiger partial charge in [-0.1, -0.05) is 89.0 Å². The maximum atomic E-state index is 16.9. The number of Topliss-reactive ketones (excluding diaryl/α,β-unsaturated/α-hetero) is 2. The summed E-state index contributed by atoms with van der Waals surface area (Å²) in [5.74, 6) is 0.923. The molecule has 2 heterocycles. The molecule has 0 radical (unpaired) electrons. The summed E-state index contributed by atoms with van der Waals surface area (Å²) in [5, 5.41) is 69.3. The van der Waals surface area contributed by atoms with Crippen LogP contribution in [0.4, 0.5) is 5.69 Å². The molecule has 84 heavy (non-hydrogen) atoms. The number of phenolic OH excluding ortho intramolecular Hbond substituents is 1. The van der Waals surface area contributed by atoms with Crippen molar-refractivity contribution in [1.82, 2.24) is 10.6 Å². The van der Waals surface area contributed by atoms with Crippen LogP contribution in [0.25, 0.3) is 0 Å². The second-order valence-electron chi connectivity index (χ2n) is 32.0. The minimum atomic E-state index is -0.989. The molecule has 22 unspecified atom stereocenters. The highest BCUT2D eigenvalue weighted by atomic mass is 16.6. The summed E-state index contributed by atoms with van der Waals surface area (Å²) < 4.78 is 7.03. The molecule has 7 saturated carbocycles. The van der Waals surface area contributed by atoms with Crippen LogP contribution in [0, 0.1) is 92.7 Å². The molecule has 11 nitrogen and oxygen atoms in total. The number of allylic oxidation sites excluding steroid dienone is 5. The highest BCUT2D eigenvalue weighted by molar-refractivity contribution is 6.01. The molecule has 16 rings (SSSR count). The number of phenols is 1. The maximum absolute atomic E-state index is 16.9. The highest BCUT2D eigenvalue weighted by Gasteiger charge is 2.84. The Labute approximate surface area is 500 Å². The average Bonchev–Trinajstić information content (AvgIpc) is 1.28. The van der Waals surface area contributed by atoms with Gasteiger partial charge >= 0.3 is 0 Å². The Kier molecular flexibility index (Phi) is 13.9. The zero-order valence-corrected chi connectivity index (χ0v) is 51.7. The number of hydrogen-bond acceptors (Lipinski definition) is 11. The van der Waals surface area contributed by atoms with Crippen LogP contribution < -0.4 is 16.4 Å². The van der Waals surface area contributed by atoms with E-state index in [0.717, 1.165) is 106 Å². The molecule has 2 aliphatic heterocycles. The minimum Gasteiger partial charge on any atom is -0.508 e. The topological polar surface area (TPSA) is 198 Å². The van der Waals surface area contributed by atoms with Gasteiger partial charge in [0.25, 0.3) is 0 Å². The molecule has 9 fully saturated rings. The fraction of sp³-hybridized carbons (Fsp3) is 0.726. The fourth-order valence-corrected chi connectivity index (χ4v) is 24.9. The number of aromatic hydroxyl groups is 1. The third kappa shape index (κ3) is 7.97. The van der Waals surface area contributed by atoms with E-state index in [0.29, 0.717) is 63.3 Å². The van der Waals surface area contributed by atoms with Gasteiger partial charge in [0.1, 0.15) is 11.9 Å². The first-order valence-electron chi connectivity index (χ1n) is 33.7. The number of nitrogens with two attached hydrogens (primary N) is 1. The van der Waals surface area contributed by atoms with Crippen LogP contribution in [-0.4, -0.2) is 92.9 Å². The smallest absolute Gasteiger partial charge is 0.160 e. The van der Waals surface area contributed by atoms with E-state index in [1.807, 2.05) is 26.1 Å².